The highest BCUT2D eigenvalue weighted by Gasteiger charge is 2.50. The van der Waals surface area contributed by atoms with Crippen LogP contribution in [0, 0.1) is 11.3 Å². The van der Waals surface area contributed by atoms with E-state index in [9.17, 15) is 4.79 Å². The molecule has 3 atom stereocenters. The number of piperidine rings is 1. The Labute approximate surface area is 161 Å². The van der Waals surface area contributed by atoms with Crippen LogP contribution >= 0.6 is 0 Å². The third kappa shape index (κ3) is 4.05. The summed E-state index contributed by atoms with van der Waals surface area (Å²) in [6, 6.07) is 0.619. The molecule has 1 aliphatic carbocycles. The minimum Gasteiger partial charge on any atom is -0.379 e. The summed E-state index contributed by atoms with van der Waals surface area (Å²) in [5.74, 6) is 0.739. The predicted molar refractivity (Wildman–Crippen MR) is 103 cm³/mol. The van der Waals surface area contributed by atoms with Crippen molar-refractivity contribution in [3.8, 4) is 0 Å². The predicted octanol–water partition coefficient (Wildman–Crippen LogP) is 0.559. The van der Waals surface area contributed by atoms with Gasteiger partial charge < -0.3 is 15.4 Å². The van der Waals surface area contributed by atoms with E-state index in [-0.39, 0.29) is 11.3 Å². The van der Waals surface area contributed by atoms with Gasteiger partial charge in [0.1, 0.15) is 0 Å². The van der Waals surface area contributed by atoms with Crippen molar-refractivity contribution in [2.75, 3.05) is 45.9 Å². The third-order valence-electron chi connectivity index (χ3n) is 6.84. The molecular weight excluding hydrogens is 342 g/mol. The van der Waals surface area contributed by atoms with Gasteiger partial charge in [0.15, 0.2) is 0 Å². The Balaban J connectivity index is 1.36. The van der Waals surface area contributed by atoms with Gasteiger partial charge in [-0.3, -0.25) is 14.4 Å². The molecule has 1 aromatic heterocycles. The first kappa shape index (κ1) is 18.9. The maximum atomic E-state index is 13.2. The van der Waals surface area contributed by atoms with Crippen LogP contribution in [0.25, 0.3) is 0 Å². The van der Waals surface area contributed by atoms with Crippen molar-refractivity contribution in [2.45, 2.75) is 38.1 Å². The SMILES string of the molecule is Cn1cc(CCNC(=O)[C@@]23CC[C@H](N4CCOCC4)C[C@H]2CCNC3)cn1. The molecule has 3 aliphatic rings. The zero-order chi connectivity index (χ0) is 18.7. The molecule has 0 radical (unpaired) electrons. The number of morpholine rings is 1. The summed E-state index contributed by atoms with van der Waals surface area (Å²) in [4.78, 5) is 15.8. The number of aryl methyl sites for hydroxylation is 1. The number of carbonyl (C=O) groups excluding carboxylic acids is 1. The summed E-state index contributed by atoms with van der Waals surface area (Å²) in [5.41, 5.74) is 0.945. The number of amides is 1. The van der Waals surface area contributed by atoms with E-state index in [1.54, 1.807) is 0 Å². The highest BCUT2D eigenvalue weighted by Crippen LogP contribution is 2.46. The fourth-order valence-electron chi connectivity index (χ4n) is 5.27. The second-order valence-corrected chi connectivity index (χ2v) is 8.42. The lowest BCUT2D eigenvalue weighted by Gasteiger charge is -2.50. The summed E-state index contributed by atoms with van der Waals surface area (Å²) >= 11 is 0. The molecule has 1 aromatic rings. The van der Waals surface area contributed by atoms with E-state index in [4.69, 9.17) is 4.74 Å². The van der Waals surface area contributed by atoms with Crippen LogP contribution in [0.1, 0.15) is 31.2 Å². The molecule has 7 nitrogen and oxygen atoms in total. The van der Waals surface area contributed by atoms with E-state index in [0.717, 1.165) is 71.5 Å². The molecule has 0 spiro atoms. The first-order chi connectivity index (χ1) is 13.2. The molecule has 0 unspecified atom stereocenters. The molecule has 2 N–H and O–H groups in total. The number of nitrogens with zero attached hydrogens (tertiary/aromatic N) is 3. The number of rotatable bonds is 5. The van der Waals surface area contributed by atoms with Crippen molar-refractivity contribution in [1.82, 2.24) is 25.3 Å². The van der Waals surface area contributed by atoms with Crippen LogP contribution in [0.4, 0.5) is 0 Å². The van der Waals surface area contributed by atoms with Crippen LogP contribution in [0.5, 0.6) is 0 Å². The topological polar surface area (TPSA) is 71.4 Å². The van der Waals surface area contributed by atoms with Crippen LogP contribution in [0.15, 0.2) is 12.4 Å². The number of fused-ring (bicyclic) bond motifs is 1. The van der Waals surface area contributed by atoms with Crippen molar-refractivity contribution >= 4 is 5.91 Å². The number of hydrogen-bond acceptors (Lipinski definition) is 5. The van der Waals surface area contributed by atoms with Crippen molar-refractivity contribution in [3.63, 3.8) is 0 Å². The number of hydrogen-bond donors (Lipinski definition) is 2. The van der Waals surface area contributed by atoms with Crippen molar-refractivity contribution in [1.29, 1.82) is 0 Å². The van der Waals surface area contributed by atoms with Gasteiger partial charge in [0, 0.05) is 45.5 Å². The molecule has 1 saturated carbocycles. The van der Waals surface area contributed by atoms with E-state index < -0.39 is 0 Å². The minimum absolute atomic E-state index is 0.226. The molecule has 27 heavy (non-hydrogen) atoms. The van der Waals surface area contributed by atoms with Crippen LogP contribution in [0.3, 0.4) is 0 Å². The molecule has 1 amide bonds. The van der Waals surface area contributed by atoms with Gasteiger partial charge in [-0.2, -0.15) is 5.10 Å². The largest absolute Gasteiger partial charge is 0.379 e. The smallest absolute Gasteiger partial charge is 0.227 e. The molecule has 3 heterocycles. The molecule has 7 heteroatoms. The fourth-order valence-corrected chi connectivity index (χ4v) is 5.27. The molecule has 150 valence electrons. The Morgan fingerprint density at radius 2 is 2.26 bits per heavy atom. The summed E-state index contributed by atoms with van der Waals surface area (Å²) < 4.78 is 7.33. The average molecular weight is 376 g/mol. The number of carbonyl (C=O) groups is 1. The summed E-state index contributed by atoms with van der Waals surface area (Å²) in [6.45, 7) is 6.33. The summed E-state index contributed by atoms with van der Waals surface area (Å²) in [6.07, 6.45) is 9.10. The Kier molecular flexibility index (Phi) is 5.80. The van der Waals surface area contributed by atoms with E-state index >= 15 is 0 Å². The first-order valence-corrected chi connectivity index (χ1v) is 10.5. The molecular formula is C20H33N5O2. The van der Waals surface area contributed by atoms with E-state index in [1.165, 1.54) is 5.56 Å². The van der Waals surface area contributed by atoms with Gasteiger partial charge in [0.05, 0.1) is 24.8 Å². The maximum absolute atomic E-state index is 13.2. The van der Waals surface area contributed by atoms with Gasteiger partial charge in [-0.25, -0.2) is 0 Å². The van der Waals surface area contributed by atoms with Crippen LogP contribution in [-0.4, -0.2) is 72.6 Å². The highest BCUT2D eigenvalue weighted by molar-refractivity contribution is 5.83. The normalized spacial score (nSPS) is 32.0. The monoisotopic (exact) mass is 375 g/mol. The van der Waals surface area contributed by atoms with Crippen molar-refractivity contribution in [3.05, 3.63) is 18.0 Å². The van der Waals surface area contributed by atoms with Gasteiger partial charge in [0.2, 0.25) is 5.91 Å². The van der Waals surface area contributed by atoms with Gasteiger partial charge in [-0.1, -0.05) is 0 Å². The van der Waals surface area contributed by atoms with Crippen LogP contribution in [-0.2, 0) is 23.0 Å². The Morgan fingerprint density at radius 3 is 3.04 bits per heavy atom. The summed E-state index contributed by atoms with van der Waals surface area (Å²) in [5, 5.41) is 11.0. The van der Waals surface area contributed by atoms with Gasteiger partial charge in [-0.05, 0) is 50.1 Å². The number of aromatic nitrogens is 2. The Hall–Kier alpha value is -1.44. The molecule has 2 aliphatic heterocycles. The molecule has 0 aromatic carbocycles. The molecule has 0 bridgehead atoms. The number of ether oxygens (including phenoxy) is 1. The van der Waals surface area contributed by atoms with Gasteiger partial charge >= 0.3 is 0 Å². The Morgan fingerprint density at radius 1 is 1.41 bits per heavy atom. The molecule has 2 saturated heterocycles. The number of nitrogens with one attached hydrogen (secondary N) is 2. The molecule has 4 rings (SSSR count). The molecule has 3 fully saturated rings. The maximum Gasteiger partial charge on any atom is 0.227 e. The highest BCUT2D eigenvalue weighted by atomic mass is 16.5. The lowest BCUT2D eigenvalue weighted by molar-refractivity contribution is -0.140. The van der Waals surface area contributed by atoms with E-state index in [0.29, 0.717) is 18.5 Å². The summed E-state index contributed by atoms with van der Waals surface area (Å²) in [7, 11) is 1.92. The quantitative estimate of drug-likeness (QED) is 0.787. The lowest BCUT2D eigenvalue weighted by atomic mass is 9.61. The van der Waals surface area contributed by atoms with Crippen LogP contribution < -0.4 is 10.6 Å². The van der Waals surface area contributed by atoms with Gasteiger partial charge in [-0.15, -0.1) is 0 Å². The van der Waals surface area contributed by atoms with Gasteiger partial charge in [0.25, 0.3) is 0 Å². The second-order valence-electron chi connectivity index (χ2n) is 8.42. The lowest BCUT2D eigenvalue weighted by Crippen LogP contribution is -2.60. The van der Waals surface area contributed by atoms with Crippen molar-refractivity contribution < 1.29 is 9.53 Å². The average Bonchev–Trinajstić information content (AvgIpc) is 3.13. The van der Waals surface area contributed by atoms with Crippen molar-refractivity contribution in [2.24, 2.45) is 18.4 Å². The van der Waals surface area contributed by atoms with Crippen LogP contribution in [0.2, 0.25) is 0 Å². The zero-order valence-electron chi connectivity index (χ0n) is 16.5. The zero-order valence-corrected chi connectivity index (χ0v) is 16.5. The standard InChI is InChI=1S/C20H33N5O2/c1-24-14-16(13-23-24)3-7-22-19(26)20-5-2-18(25-8-10-27-11-9-25)12-17(20)4-6-21-15-20/h13-14,17-18,21H,2-12,15H2,1H3,(H,22,26)/t17-,18+,20-/m1/s1. The van der Waals surface area contributed by atoms with E-state index in [1.807, 2.05) is 24.1 Å². The Bertz CT molecular complexity index is 642. The first-order valence-electron chi connectivity index (χ1n) is 10.5. The minimum atomic E-state index is -0.226. The van der Waals surface area contributed by atoms with E-state index in [2.05, 4.69) is 20.6 Å². The third-order valence-corrected chi connectivity index (χ3v) is 6.84. The fraction of sp³-hybridized carbons (Fsp3) is 0.800. The second kappa shape index (κ2) is 8.29.